The van der Waals surface area contributed by atoms with E-state index in [0.29, 0.717) is 12.2 Å². The van der Waals surface area contributed by atoms with Crippen LogP contribution in [0.1, 0.15) is 5.56 Å². The number of nitrogens with one attached hydrogen (secondary N) is 3. The molecule has 0 aliphatic carbocycles. The maximum atomic E-state index is 11.5. The van der Waals surface area contributed by atoms with E-state index in [9.17, 15) is 4.79 Å². The number of fused-ring (bicyclic) bond motifs is 1. The predicted octanol–water partition coefficient (Wildman–Crippen LogP) is 0.573. The fraction of sp³-hybridized carbons (Fsp3) is 0.167. The Hall–Kier alpha value is -3.08. The first-order chi connectivity index (χ1) is 9.52. The van der Waals surface area contributed by atoms with E-state index in [2.05, 4.69) is 15.8 Å². The minimum absolute atomic E-state index is 0.153. The zero-order valence-corrected chi connectivity index (χ0v) is 10.8. The molecular weight excluding hydrogens is 258 g/mol. The average Bonchev–Trinajstić information content (AvgIpc) is 2.43. The van der Waals surface area contributed by atoms with Gasteiger partial charge in [0.1, 0.15) is 6.07 Å². The van der Waals surface area contributed by atoms with Crippen LogP contribution in [-0.2, 0) is 6.54 Å². The number of nitrogens with zero attached hydrogens (tertiary/aromatic N) is 3. The molecule has 0 atom stereocenters. The van der Waals surface area contributed by atoms with Gasteiger partial charge >= 0.3 is 6.03 Å². The van der Waals surface area contributed by atoms with Crippen molar-refractivity contribution in [3.63, 3.8) is 0 Å². The third kappa shape index (κ3) is 2.51. The van der Waals surface area contributed by atoms with Crippen LogP contribution in [0.2, 0.25) is 0 Å². The minimum atomic E-state index is -0.398. The van der Waals surface area contributed by atoms with Gasteiger partial charge in [-0.25, -0.2) is 4.79 Å². The van der Waals surface area contributed by atoms with Crippen LogP contribution in [0.4, 0.5) is 16.2 Å². The Labute approximate surface area is 115 Å². The molecule has 0 aromatic heterocycles. The number of amides is 2. The Morgan fingerprint density at radius 2 is 2.40 bits per heavy atom. The normalized spacial score (nSPS) is 14.1. The smallest absolute Gasteiger partial charge is 0.321 e. The molecule has 20 heavy (non-hydrogen) atoms. The van der Waals surface area contributed by atoms with Gasteiger partial charge in [0.2, 0.25) is 5.71 Å². The molecule has 2 amide bonds. The third-order valence-electron chi connectivity index (χ3n) is 2.83. The number of carbonyl (C=O) groups excluding carboxylic acids is 1. The summed E-state index contributed by atoms with van der Waals surface area (Å²) in [5.74, 6) is -0.398. The Morgan fingerprint density at radius 3 is 3.05 bits per heavy atom. The van der Waals surface area contributed by atoms with Crippen molar-refractivity contribution in [1.82, 2.24) is 5.32 Å². The second-order valence-electron chi connectivity index (χ2n) is 4.16. The van der Waals surface area contributed by atoms with Gasteiger partial charge in [-0.1, -0.05) is 0 Å². The molecule has 0 saturated carbocycles. The summed E-state index contributed by atoms with van der Waals surface area (Å²) in [5.41, 5.74) is 10.1. The second-order valence-corrected chi connectivity index (χ2v) is 4.16. The topological polar surface area (TPSA) is 130 Å². The molecule has 0 bridgehead atoms. The second kappa shape index (κ2) is 5.27. The number of hydrogen-bond acceptors (Lipinski definition) is 5. The van der Waals surface area contributed by atoms with Gasteiger partial charge < -0.3 is 11.1 Å². The molecule has 8 heteroatoms. The van der Waals surface area contributed by atoms with Crippen LogP contribution in [-0.4, -0.2) is 24.6 Å². The minimum Gasteiger partial charge on any atom is -0.382 e. The molecule has 1 aromatic rings. The van der Waals surface area contributed by atoms with Crippen molar-refractivity contribution in [2.24, 2.45) is 10.8 Å². The number of hydrazone groups is 1. The highest BCUT2D eigenvalue weighted by Gasteiger charge is 2.20. The standard InChI is InChI=1S/C12H13N7O/c1-19-10-3-2-8(4-7(10)6-16-12(19)20)17-18-9(5-13)11(14)15/h2-4,17H,6H2,1H3,(H3,14,15)(H,16,20)/b18-9+. The van der Waals surface area contributed by atoms with Crippen molar-refractivity contribution in [2.45, 2.75) is 6.54 Å². The number of amidine groups is 1. The number of anilines is 2. The van der Waals surface area contributed by atoms with Crippen LogP contribution >= 0.6 is 0 Å². The van der Waals surface area contributed by atoms with Crippen molar-refractivity contribution in [2.75, 3.05) is 17.4 Å². The fourth-order valence-electron chi connectivity index (χ4n) is 1.79. The molecular formula is C12H13N7O. The number of hydrogen-bond donors (Lipinski definition) is 4. The summed E-state index contributed by atoms with van der Waals surface area (Å²) < 4.78 is 0. The first kappa shape index (κ1) is 13.4. The fourth-order valence-corrected chi connectivity index (χ4v) is 1.79. The van der Waals surface area contributed by atoms with E-state index >= 15 is 0 Å². The summed E-state index contributed by atoms with van der Waals surface area (Å²) in [6.07, 6.45) is 0. The van der Waals surface area contributed by atoms with E-state index in [4.69, 9.17) is 16.4 Å². The van der Waals surface area contributed by atoms with Gasteiger partial charge in [-0.05, 0) is 23.8 Å². The number of nitriles is 1. The maximum absolute atomic E-state index is 11.5. The van der Waals surface area contributed by atoms with Gasteiger partial charge in [0, 0.05) is 13.6 Å². The van der Waals surface area contributed by atoms with Crippen molar-refractivity contribution >= 4 is 29.0 Å². The van der Waals surface area contributed by atoms with Crippen LogP contribution in [0, 0.1) is 16.7 Å². The summed E-state index contributed by atoms with van der Waals surface area (Å²) in [6.45, 7) is 0.426. The summed E-state index contributed by atoms with van der Waals surface area (Å²) in [7, 11) is 1.68. The summed E-state index contributed by atoms with van der Waals surface area (Å²) in [6, 6.07) is 6.89. The molecule has 102 valence electrons. The van der Waals surface area contributed by atoms with Crippen molar-refractivity contribution in [1.29, 1.82) is 10.7 Å². The highest BCUT2D eigenvalue weighted by Crippen LogP contribution is 2.26. The highest BCUT2D eigenvalue weighted by atomic mass is 16.2. The van der Waals surface area contributed by atoms with Crippen molar-refractivity contribution in [3.05, 3.63) is 23.8 Å². The SMILES string of the molecule is CN1C(=O)NCc2cc(N/N=C(\C#N)C(=N)N)ccc21. The third-order valence-corrected chi connectivity index (χ3v) is 2.83. The van der Waals surface area contributed by atoms with Gasteiger partial charge in [0.05, 0.1) is 11.4 Å². The number of benzene rings is 1. The Bertz CT molecular complexity index is 644. The van der Waals surface area contributed by atoms with Crippen molar-refractivity contribution in [3.8, 4) is 6.07 Å². The van der Waals surface area contributed by atoms with Crippen molar-refractivity contribution < 1.29 is 4.79 Å². The number of nitrogens with two attached hydrogens (primary N) is 1. The monoisotopic (exact) mass is 271 g/mol. The van der Waals surface area contributed by atoms with Crippen LogP contribution in [0.25, 0.3) is 0 Å². The summed E-state index contributed by atoms with van der Waals surface area (Å²) in [4.78, 5) is 13.0. The molecule has 0 radical (unpaired) electrons. The quantitative estimate of drug-likeness (QED) is 0.363. The Balaban J connectivity index is 2.23. The molecule has 1 heterocycles. The first-order valence-corrected chi connectivity index (χ1v) is 5.75. The summed E-state index contributed by atoms with van der Waals surface area (Å²) >= 11 is 0. The van der Waals surface area contributed by atoms with E-state index in [0.717, 1.165) is 11.3 Å². The van der Waals surface area contributed by atoms with Crippen LogP contribution in [0.5, 0.6) is 0 Å². The molecule has 1 aliphatic rings. The van der Waals surface area contributed by atoms with E-state index in [1.54, 1.807) is 25.2 Å². The van der Waals surface area contributed by atoms with E-state index in [1.165, 1.54) is 4.90 Å². The molecule has 0 saturated heterocycles. The maximum Gasteiger partial charge on any atom is 0.321 e. The lowest BCUT2D eigenvalue weighted by Crippen LogP contribution is -2.41. The molecule has 0 unspecified atom stereocenters. The van der Waals surface area contributed by atoms with E-state index < -0.39 is 5.84 Å². The molecule has 1 aliphatic heterocycles. The number of urea groups is 1. The van der Waals surface area contributed by atoms with E-state index in [1.807, 2.05) is 6.07 Å². The van der Waals surface area contributed by atoms with Crippen LogP contribution < -0.4 is 21.4 Å². The van der Waals surface area contributed by atoms with Gasteiger partial charge in [-0.2, -0.15) is 10.4 Å². The van der Waals surface area contributed by atoms with Gasteiger partial charge in [-0.3, -0.25) is 15.7 Å². The molecule has 1 aromatic carbocycles. The largest absolute Gasteiger partial charge is 0.382 e. The molecule has 5 N–H and O–H groups in total. The zero-order valence-electron chi connectivity index (χ0n) is 10.8. The first-order valence-electron chi connectivity index (χ1n) is 5.75. The molecule has 8 nitrogen and oxygen atoms in total. The Kier molecular flexibility index (Phi) is 3.52. The lowest BCUT2D eigenvalue weighted by molar-refractivity contribution is 0.246. The number of carbonyl (C=O) groups is 1. The summed E-state index contributed by atoms with van der Waals surface area (Å²) in [5, 5.41) is 22.4. The van der Waals surface area contributed by atoms with Gasteiger partial charge in [-0.15, -0.1) is 0 Å². The van der Waals surface area contributed by atoms with Gasteiger partial charge in [0.15, 0.2) is 5.84 Å². The Morgan fingerprint density at radius 1 is 1.65 bits per heavy atom. The van der Waals surface area contributed by atoms with Crippen LogP contribution in [0.3, 0.4) is 0 Å². The lowest BCUT2D eigenvalue weighted by atomic mass is 10.1. The van der Waals surface area contributed by atoms with E-state index in [-0.39, 0.29) is 11.7 Å². The molecule has 0 spiro atoms. The average molecular weight is 271 g/mol. The molecule has 2 rings (SSSR count). The molecule has 0 fully saturated rings. The predicted molar refractivity (Wildman–Crippen MR) is 75.7 cm³/mol. The van der Waals surface area contributed by atoms with Gasteiger partial charge in [0.25, 0.3) is 0 Å². The number of rotatable bonds is 3. The highest BCUT2D eigenvalue weighted by molar-refractivity contribution is 6.45. The zero-order chi connectivity index (χ0) is 14.7. The lowest BCUT2D eigenvalue weighted by Gasteiger charge is -2.26. The van der Waals surface area contributed by atoms with Crippen LogP contribution in [0.15, 0.2) is 23.3 Å².